The van der Waals surface area contributed by atoms with Crippen LogP contribution in [0.1, 0.15) is 45.2 Å². The summed E-state index contributed by atoms with van der Waals surface area (Å²) in [6.45, 7) is 9.81. The zero-order chi connectivity index (χ0) is 18.6. The molecule has 0 amide bonds. The van der Waals surface area contributed by atoms with Crippen molar-refractivity contribution in [3.8, 4) is 11.4 Å². The lowest BCUT2D eigenvalue weighted by atomic mass is 9.87. The Morgan fingerprint density at radius 2 is 1.65 bits per heavy atom. The third-order valence-corrected chi connectivity index (χ3v) is 5.33. The molecule has 0 bridgehead atoms. The third-order valence-electron chi connectivity index (χ3n) is 4.29. The first kappa shape index (κ1) is 18.6. The Kier molecular flexibility index (Phi) is 5.77. The number of pyridine rings is 1. The molecule has 0 fully saturated rings. The number of hydrogen-bond donors (Lipinski definition) is 0. The van der Waals surface area contributed by atoms with Gasteiger partial charge in [0.2, 0.25) is 0 Å². The van der Waals surface area contributed by atoms with E-state index in [0.29, 0.717) is 0 Å². The Labute approximate surface area is 160 Å². The van der Waals surface area contributed by atoms with E-state index in [2.05, 4.69) is 71.7 Å². The summed E-state index contributed by atoms with van der Waals surface area (Å²) in [5, 5.41) is 9.84. The Hall–Kier alpha value is -2.14. The minimum absolute atomic E-state index is 0.187. The van der Waals surface area contributed by atoms with Crippen molar-refractivity contribution in [3.05, 3.63) is 59.9 Å². The van der Waals surface area contributed by atoms with Crippen molar-refractivity contribution in [2.24, 2.45) is 0 Å². The highest BCUT2D eigenvalue weighted by Gasteiger charge is 2.15. The van der Waals surface area contributed by atoms with Gasteiger partial charge in [0, 0.05) is 30.3 Å². The van der Waals surface area contributed by atoms with Gasteiger partial charge in [-0.05, 0) is 35.1 Å². The summed E-state index contributed by atoms with van der Waals surface area (Å²) >= 11 is 1.74. The van der Waals surface area contributed by atoms with E-state index in [9.17, 15) is 0 Å². The topological polar surface area (TPSA) is 43.6 Å². The van der Waals surface area contributed by atoms with E-state index >= 15 is 0 Å². The molecule has 26 heavy (non-hydrogen) atoms. The maximum absolute atomic E-state index is 4.44. The fourth-order valence-corrected chi connectivity index (χ4v) is 3.70. The highest BCUT2D eigenvalue weighted by Crippen LogP contribution is 2.28. The SMILES string of the molecule is CCCn1c(SCc2ccc(C(C)(C)C)cc2)nnc1-c1ccncc1. The molecule has 0 aliphatic rings. The highest BCUT2D eigenvalue weighted by atomic mass is 32.2. The summed E-state index contributed by atoms with van der Waals surface area (Å²) in [7, 11) is 0. The average Bonchev–Trinajstić information content (AvgIpc) is 3.03. The Bertz CT molecular complexity index is 833. The summed E-state index contributed by atoms with van der Waals surface area (Å²) < 4.78 is 2.21. The smallest absolute Gasteiger partial charge is 0.191 e. The fourth-order valence-electron chi connectivity index (χ4n) is 2.78. The molecule has 4 nitrogen and oxygen atoms in total. The minimum atomic E-state index is 0.187. The molecule has 0 saturated heterocycles. The molecule has 2 heterocycles. The molecule has 0 aliphatic heterocycles. The van der Waals surface area contributed by atoms with Gasteiger partial charge < -0.3 is 4.57 Å². The average molecular weight is 367 g/mol. The van der Waals surface area contributed by atoms with Crippen LogP contribution in [0.15, 0.2) is 53.9 Å². The van der Waals surface area contributed by atoms with Crippen molar-refractivity contribution >= 4 is 11.8 Å². The standard InChI is InChI=1S/C21H26N4S/c1-5-14-25-19(17-10-12-22-13-11-17)23-24-20(25)26-15-16-6-8-18(9-7-16)21(2,3)4/h6-13H,5,14-15H2,1-4H3. The van der Waals surface area contributed by atoms with Crippen molar-refractivity contribution in [2.45, 2.75) is 57.0 Å². The van der Waals surface area contributed by atoms with Gasteiger partial charge >= 0.3 is 0 Å². The van der Waals surface area contributed by atoms with Crippen LogP contribution < -0.4 is 0 Å². The second-order valence-electron chi connectivity index (χ2n) is 7.43. The van der Waals surface area contributed by atoms with E-state index in [1.807, 2.05) is 12.1 Å². The van der Waals surface area contributed by atoms with Gasteiger partial charge in [0.05, 0.1) is 0 Å². The van der Waals surface area contributed by atoms with E-state index in [4.69, 9.17) is 0 Å². The lowest BCUT2D eigenvalue weighted by Crippen LogP contribution is -2.10. The predicted molar refractivity (Wildman–Crippen MR) is 108 cm³/mol. The van der Waals surface area contributed by atoms with Crippen LogP contribution in [0.2, 0.25) is 0 Å². The van der Waals surface area contributed by atoms with Crippen molar-refractivity contribution in [3.63, 3.8) is 0 Å². The van der Waals surface area contributed by atoms with Crippen LogP contribution in [-0.2, 0) is 17.7 Å². The Morgan fingerprint density at radius 3 is 2.27 bits per heavy atom. The summed E-state index contributed by atoms with van der Waals surface area (Å²) in [5.41, 5.74) is 3.91. The maximum atomic E-state index is 4.44. The van der Waals surface area contributed by atoms with Crippen molar-refractivity contribution in [2.75, 3.05) is 0 Å². The lowest BCUT2D eigenvalue weighted by Gasteiger charge is -2.19. The summed E-state index contributed by atoms with van der Waals surface area (Å²) in [6, 6.07) is 12.9. The zero-order valence-electron chi connectivity index (χ0n) is 15.9. The van der Waals surface area contributed by atoms with Crippen LogP contribution in [-0.4, -0.2) is 19.7 Å². The van der Waals surface area contributed by atoms with E-state index in [1.165, 1.54) is 11.1 Å². The summed E-state index contributed by atoms with van der Waals surface area (Å²) in [4.78, 5) is 4.09. The molecule has 0 aliphatic carbocycles. The second-order valence-corrected chi connectivity index (χ2v) is 8.37. The van der Waals surface area contributed by atoms with E-state index in [0.717, 1.165) is 35.3 Å². The van der Waals surface area contributed by atoms with E-state index < -0.39 is 0 Å². The molecule has 2 aromatic heterocycles. The molecule has 0 spiro atoms. The molecule has 1 aromatic carbocycles. The molecule has 3 rings (SSSR count). The van der Waals surface area contributed by atoms with Gasteiger partial charge in [-0.2, -0.15) is 0 Å². The van der Waals surface area contributed by atoms with Gasteiger partial charge in [-0.3, -0.25) is 4.98 Å². The van der Waals surface area contributed by atoms with Gasteiger partial charge in [0.1, 0.15) is 0 Å². The first-order valence-corrected chi connectivity index (χ1v) is 10.0. The van der Waals surface area contributed by atoms with Gasteiger partial charge in [-0.25, -0.2) is 0 Å². The first-order chi connectivity index (χ1) is 12.5. The lowest BCUT2D eigenvalue weighted by molar-refractivity contribution is 0.590. The molecular weight excluding hydrogens is 340 g/mol. The Balaban J connectivity index is 1.77. The van der Waals surface area contributed by atoms with Crippen LogP contribution in [0, 0.1) is 0 Å². The van der Waals surface area contributed by atoms with Crippen LogP contribution >= 0.6 is 11.8 Å². The number of benzene rings is 1. The summed E-state index contributed by atoms with van der Waals surface area (Å²) in [6.07, 6.45) is 4.64. The number of hydrogen-bond acceptors (Lipinski definition) is 4. The molecule has 0 N–H and O–H groups in total. The van der Waals surface area contributed by atoms with Gasteiger partial charge in [0.15, 0.2) is 11.0 Å². The van der Waals surface area contributed by atoms with Crippen molar-refractivity contribution in [1.29, 1.82) is 0 Å². The third kappa shape index (κ3) is 4.33. The molecule has 0 unspecified atom stereocenters. The Morgan fingerprint density at radius 1 is 0.962 bits per heavy atom. The largest absolute Gasteiger partial charge is 0.302 e. The molecule has 136 valence electrons. The van der Waals surface area contributed by atoms with E-state index in [-0.39, 0.29) is 5.41 Å². The van der Waals surface area contributed by atoms with Crippen molar-refractivity contribution < 1.29 is 0 Å². The highest BCUT2D eigenvalue weighted by molar-refractivity contribution is 7.98. The monoisotopic (exact) mass is 366 g/mol. The van der Waals surface area contributed by atoms with Crippen LogP contribution in [0.4, 0.5) is 0 Å². The fraction of sp³-hybridized carbons (Fsp3) is 0.381. The number of nitrogens with zero attached hydrogens (tertiary/aromatic N) is 4. The second kappa shape index (κ2) is 8.04. The van der Waals surface area contributed by atoms with Gasteiger partial charge in [-0.1, -0.05) is 63.7 Å². The normalized spacial score (nSPS) is 11.7. The molecular formula is C21H26N4S. The zero-order valence-corrected chi connectivity index (χ0v) is 16.8. The van der Waals surface area contributed by atoms with Crippen molar-refractivity contribution in [1.82, 2.24) is 19.7 Å². The number of thioether (sulfide) groups is 1. The molecule has 5 heteroatoms. The van der Waals surface area contributed by atoms with E-state index in [1.54, 1.807) is 24.2 Å². The van der Waals surface area contributed by atoms with Crippen LogP contribution in [0.25, 0.3) is 11.4 Å². The first-order valence-electron chi connectivity index (χ1n) is 9.05. The predicted octanol–water partition coefficient (Wildman–Crippen LogP) is 5.34. The molecule has 0 radical (unpaired) electrons. The molecule has 0 saturated carbocycles. The van der Waals surface area contributed by atoms with Crippen LogP contribution in [0.5, 0.6) is 0 Å². The molecule has 3 aromatic rings. The molecule has 0 atom stereocenters. The van der Waals surface area contributed by atoms with Crippen LogP contribution in [0.3, 0.4) is 0 Å². The van der Waals surface area contributed by atoms with Gasteiger partial charge in [-0.15, -0.1) is 10.2 Å². The quantitative estimate of drug-likeness (QED) is 0.552. The number of rotatable bonds is 6. The number of aromatic nitrogens is 4. The summed E-state index contributed by atoms with van der Waals surface area (Å²) in [5.74, 6) is 1.81. The van der Waals surface area contributed by atoms with Gasteiger partial charge in [0.25, 0.3) is 0 Å². The maximum Gasteiger partial charge on any atom is 0.191 e. The minimum Gasteiger partial charge on any atom is -0.302 e.